The number of methoxy groups -OCH3 is 1. The molecule has 15 heavy (non-hydrogen) atoms. The number of rotatable bonds is 2. The molecule has 0 saturated heterocycles. The second-order valence-electron chi connectivity index (χ2n) is 3.72. The molecule has 0 aliphatic carbocycles. The topological polar surface area (TPSA) is 24.5 Å². The van der Waals surface area contributed by atoms with Gasteiger partial charge in [-0.3, -0.25) is 0 Å². The lowest BCUT2D eigenvalue weighted by molar-refractivity contribution is 0.414. The number of nitrogens with one attached hydrogen (secondary N) is 1. The van der Waals surface area contributed by atoms with Crippen molar-refractivity contribution in [2.45, 2.75) is 13.5 Å². The van der Waals surface area contributed by atoms with Gasteiger partial charge in [-0.05, 0) is 18.6 Å². The third-order valence-electron chi connectivity index (χ3n) is 2.87. The Morgan fingerprint density at radius 3 is 3.07 bits per heavy atom. The van der Waals surface area contributed by atoms with E-state index in [0.717, 1.165) is 31.9 Å². The summed E-state index contributed by atoms with van der Waals surface area (Å²) in [7, 11) is 1.74. The van der Waals surface area contributed by atoms with Crippen LogP contribution in [0.5, 0.6) is 5.75 Å². The number of benzene rings is 1. The lowest BCUT2D eigenvalue weighted by Crippen LogP contribution is -2.28. The molecular weight excluding hydrogens is 188 g/mol. The van der Waals surface area contributed by atoms with Gasteiger partial charge in [-0.25, -0.2) is 0 Å². The van der Waals surface area contributed by atoms with Gasteiger partial charge >= 0.3 is 0 Å². The summed E-state index contributed by atoms with van der Waals surface area (Å²) in [6.45, 7) is 6.22. The third kappa shape index (κ3) is 1.92. The number of nitrogens with zero attached hydrogens (tertiary/aromatic N) is 1. The first-order valence-electron chi connectivity index (χ1n) is 5.48. The molecule has 0 atom stereocenters. The van der Waals surface area contributed by atoms with Crippen LogP contribution in [-0.4, -0.2) is 26.7 Å². The Morgan fingerprint density at radius 2 is 2.33 bits per heavy atom. The molecule has 1 aliphatic heterocycles. The van der Waals surface area contributed by atoms with Crippen molar-refractivity contribution in [3.8, 4) is 5.75 Å². The Labute approximate surface area is 91.0 Å². The van der Waals surface area contributed by atoms with Crippen molar-refractivity contribution in [1.29, 1.82) is 0 Å². The number of anilines is 1. The zero-order chi connectivity index (χ0) is 10.7. The Bertz CT molecular complexity index is 338. The Hall–Kier alpha value is -1.22. The zero-order valence-corrected chi connectivity index (χ0v) is 9.42. The summed E-state index contributed by atoms with van der Waals surface area (Å²) in [5.74, 6) is 0.984. The molecule has 0 aromatic heterocycles. The Morgan fingerprint density at radius 1 is 1.47 bits per heavy atom. The first kappa shape index (κ1) is 10.3. The maximum absolute atomic E-state index is 5.43. The predicted octanol–water partition coefficient (Wildman–Crippen LogP) is 1.62. The quantitative estimate of drug-likeness (QED) is 0.796. The molecule has 2 rings (SSSR count). The number of fused-ring (bicyclic) bond motifs is 1. The van der Waals surface area contributed by atoms with Gasteiger partial charge in [0.25, 0.3) is 0 Å². The smallest absolute Gasteiger partial charge is 0.142 e. The van der Waals surface area contributed by atoms with Crippen LogP contribution in [0.15, 0.2) is 18.2 Å². The summed E-state index contributed by atoms with van der Waals surface area (Å²) >= 11 is 0. The standard InChI is InChI=1S/C12H18N2O/c1-3-14-8-7-13-9-10-5-4-6-11(15-2)12(10)14/h4-6,13H,3,7-9H2,1-2H3. The summed E-state index contributed by atoms with van der Waals surface area (Å²) in [4.78, 5) is 2.37. The minimum Gasteiger partial charge on any atom is -0.495 e. The van der Waals surface area contributed by atoms with E-state index in [9.17, 15) is 0 Å². The molecule has 0 spiro atoms. The van der Waals surface area contributed by atoms with E-state index in [2.05, 4.69) is 29.3 Å². The minimum absolute atomic E-state index is 0.934. The highest BCUT2D eigenvalue weighted by molar-refractivity contribution is 5.64. The molecule has 3 heteroatoms. The first-order valence-corrected chi connectivity index (χ1v) is 5.48. The van der Waals surface area contributed by atoms with E-state index in [-0.39, 0.29) is 0 Å². The molecule has 0 amide bonds. The number of hydrogen-bond acceptors (Lipinski definition) is 3. The molecule has 1 N–H and O–H groups in total. The van der Waals surface area contributed by atoms with E-state index < -0.39 is 0 Å². The average molecular weight is 206 g/mol. The fraction of sp³-hybridized carbons (Fsp3) is 0.500. The van der Waals surface area contributed by atoms with Crippen molar-refractivity contribution >= 4 is 5.69 Å². The van der Waals surface area contributed by atoms with Crippen molar-refractivity contribution in [1.82, 2.24) is 5.32 Å². The van der Waals surface area contributed by atoms with E-state index in [1.54, 1.807) is 7.11 Å². The van der Waals surface area contributed by atoms with Gasteiger partial charge in [0.2, 0.25) is 0 Å². The first-order chi connectivity index (χ1) is 7.36. The summed E-state index contributed by atoms with van der Waals surface area (Å²) in [6.07, 6.45) is 0. The van der Waals surface area contributed by atoms with Crippen LogP contribution in [0.1, 0.15) is 12.5 Å². The normalized spacial score (nSPS) is 15.7. The zero-order valence-electron chi connectivity index (χ0n) is 9.42. The molecule has 82 valence electrons. The van der Waals surface area contributed by atoms with Crippen molar-refractivity contribution in [3.05, 3.63) is 23.8 Å². The van der Waals surface area contributed by atoms with Gasteiger partial charge in [-0.15, -0.1) is 0 Å². The highest BCUT2D eigenvalue weighted by Crippen LogP contribution is 2.32. The second-order valence-corrected chi connectivity index (χ2v) is 3.72. The van der Waals surface area contributed by atoms with E-state index in [1.165, 1.54) is 11.3 Å². The minimum atomic E-state index is 0.934. The van der Waals surface area contributed by atoms with Crippen LogP contribution in [0.25, 0.3) is 0 Å². The maximum Gasteiger partial charge on any atom is 0.142 e. The van der Waals surface area contributed by atoms with E-state index in [0.29, 0.717) is 0 Å². The molecule has 0 unspecified atom stereocenters. The summed E-state index contributed by atoms with van der Waals surface area (Å²) in [5.41, 5.74) is 2.58. The van der Waals surface area contributed by atoms with Gasteiger partial charge < -0.3 is 15.0 Å². The van der Waals surface area contributed by atoms with E-state index in [1.807, 2.05) is 6.07 Å². The monoisotopic (exact) mass is 206 g/mol. The molecule has 1 aliphatic rings. The lowest BCUT2D eigenvalue weighted by Gasteiger charge is -2.24. The highest BCUT2D eigenvalue weighted by atomic mass is 16.5. The average Bonchev–Trinajstić information content (AvgIpc) is 2.50. The number of likely N-dealkylation sites (N-methyl/N-ethyl adjacent to an activating group) is 1. The van der Waals surface area contributed by atoms with Crippen LogP contribution >= 0.6 is 0 Å². The molecule has 0 bridgehead atoms. The maximum atomic E-state index is 5.43. The Kier molecular flexibility index (Phi) is 3.11. The van der Waals surface area contributed by atoms with Crippen LogP contribution in [0.3, 0.4) is 0 Å². The molecule has 3 nitrogen and oxygen atoms in total. The largest absolute Gasteiger partial charge is 0.495 e. The van der Waals surface area contributed by atoms with Crippen molar-refractivity contribution in [2.24, 2.45) is 0 Å². The van der Waals surface area contributed by atoms with Crippen LogP contribution in [0.4, 0.5) is 5.69 Å². The highest BCUT2D eigenvalue weighted by Gasteiger charge is 2.17. The molecule has 0 radical (unpaired) electrons. The number of para-hydroxylation sites is 1. The van der Waals surface area contributed by atoms with E-state index >= 15 is 0 Å². The number of ether oxygens (including phenoxy) is 1. The number of hydrogen-bond donors (Lipinski definition) is 1. The van der Waals surface area contributed by atoms with Gasteiger partial charge in [0, 0.05) is 26.2 Å². The van der Waals surface area contributed by atoms with Gasteiger partial charge in [0.1, 0.15) is 5.75 Å². The summed E-state index contributed by atoms with van der Waals surface area (Å²) < 4.78 is 5.43. The third-order valence-corrected chi connectivity index (χ3v) is 2.87. The Balaban J connectivity index is 2.46. The van der Waals surface area contributed by atoms with Crippen LogP contribution in [0, 0.1) is 0 Å². The molecule has 0 fully saturated rings. The summed E-state index contributed by atoms with van der Waals surface area (Å²) in [6, 6.07) is 6.25. The van der Waals surface area contributed by atoms with Gasteiger partial charge in [0.05, 0.1) is 12.8 Å². The second kappa shape index (κ2) is 4.53. The van der Waals surface area contributed by atoms with Crippen LogP contribution in [0.2, 0.25) is 0 Å². The molecule has 0 saturated carbocycles. The molecule has 1 aromatic rings. The molecular formula is C12H18N2O. The lowest BCUT2D eigenvalue weighted by atomic mass is 10.1. The fourth-order valence-corrected chi connectivity index (χ4v) is 2.10. The van der Waals surface area contributed by atoms with Gasteiger partial charge in [-0.1, -0.05) is 12.1 Å². The van der Waals surface area contributed by atoms with Crippen LogP contribution < -0.4 is 15.0 Å². The SMILES string of the molecule is CCN1CCNCc2cccc(OC)c21. The van der Waals surface area contributed by atoms with E-state index in [4.69, 9.17) is 4.74 Å². The van der Waals surface area contributed by atoms with Crippen molar-refractivity contribution < 1.29 is 4.74 Å². The fourth-order valence-electron chi connectivity index (χ4n) is 2.10. The predicted molar refractivity (Wildman–Crippen MR) is 62.6 cm³/mol. The van der Waals surface area contributed by atoms with Crippen molar-refractivity contribution in [2.75, 3.05) is 31.6 Å². The van der Waals surface area contributed by atoms with Gasteiger partial charge in [0.15, 0.2) is 0 Å². The van der Waals surface area contributed by atoms with Crippen LogP contribution in [-0.2, 0) is 6.54 Å². The van der Waals surface area contributed by atoms with Crippen molar-refractivity contribution in [3.63, 3.8) is 0 Å². The summed E-state index contributed by atoms with van der Waals surface area (Å²) in [5, 5.41) is 3.42. The molecule has 1 aromatic carbocycles. The molecule has 1 heterocycles. The van der Waals surface area contributed by atoms with Gasteiger partial charge in [-0.2, -0.15) is 0 Å².